The summed E-state index contributed by atoms with van der Waals surface area (Å²) < 4.78 is 8.12. The minimum atomic E-state index is 0.619. The van der Waals surface area contributed by atoms with Crippen LogP contribution >= 0.6 is 31.9 Å². The number of fused-ring (bicyclic) bond motifs is 1. The van der Waals surface area contributed by atoms with E-state index < -0.39 is 0 Å². The lowest BCUT2D eigenvalue weighted by atomic mass is 10.0. The van der Waals surface area contributed by atoms with Crippen molar-refractivity contribution in [3.05, 3.63) is 39.3 Å². The van der Waals surface area contributed by atoms with Crippen LogP contribution in [0.3, 0.4) is 0 Å². The van der Waals surface area contributed by atoms with Crippen molar-refractivity contribution in [2.45, 2.75) is 31.7 Å². The number of rotatable bonds is 4. The van der Waals surface area contributed by atoms with Crippen LogP contribution in [0, 0.1) is 0 Å². The highest BCUT2D eigenvalue weighted by molar-refractivity contribution is 9.11. The molecule has 0 amide bonds. The molecule has 1 N–H and O–H groups in total. The number of hydrogen-bond acceptors (Lipinski definition) is 2. The lowest BCUT2D eigenvalue weighted by molar-refractivity contribution is 0.267. The van der Waals surface area contributed by atoms with Gasteiger partial charge in [-0.1, -0.05) is 34.5 Å². The highest BCUT2D eigenvalue weighted by Gasteiger charge is 2.13. The molecule has 21 heavy (non-hydrogen) atoms. The first kappa shape index (κ1) is 15.3. The highest BCUT2D eigenvalue weighted by atomic mass is 79.9. The van der Waals surface area contributed by atoms with E-state index >= 15 is 0 Å². The van der Waals surface area contributed by atoms with Gasteiger partial charge in [-0.2, -0.15) is 0 Å². The number of hydrogen-bond donors (Lipinski definition) is 1. The Labute approximate surface area is 142 Å². The molecule has 2 aromatic rings. The van der Waals surface area contributed by atoms with Gasteiger partial charge in [-0.3, -0.25) is 0 Å². The average molecular weight is 413 g/mol. The van der Waals surface area contributed by atoms with E-state index in [0.29, 0.717) is 6.04 Å². The molecule has 1 heterocycles. The molecule has 2 nitrogen and oxygen atoms in total. The molecule has 112 valence electrons. The van der Waals surface area contributed by atoms with Gasteiger partial charge in [0, 0.05) is 10.5 Å². The summed E-state index contributed by atoms with van der Waals surface area (Å²) in [5.74, 6) is 0.931. The lowest BCUT2D eigenvalue weighted by Gasteiger charge is -2.23. The topological polar surface area (TPSA) is 21.3 Å². The molecular weight excluding hydrogens is 394 g/mol. The van der Waals surface area contributed by atoms with E-state index in [9.17, 15) is 0 Å². The van der Waals surface area contributed by atoms with E-state index in [1.807, 2.05) is 6.07 Å². The molecule has 0 bridgehead atoms. The summed E-state index contributed by atoms with van der Waals surface area (Å²) in [4.78, 5) is 0. The first-order valence-electron chi connectivity index (χ1n) is 7.48. The average Bonchev–Trinajstić information content (AvgIpc) is 2.50. The monoisotopic (exact) mass is 411 g/mol. The van der Waals surface area contributed by atoms with Crippen LogP contribution in [0.4, 0.5) is 0 Å². The first-order valence-corrected chi connectivity index (χ1v) is 9.06. The summed E-state index contributed by atoms with van der Waals surface area (Å²) in [6, 6.07) is 11.1. The zero-order valence-corrected chi connectivity index (χ0v) is 15.0. The van der Waals surface area contributed by atoms with Gasteiger partial charge >= 0.3 is 0 Å². The van der Waals surface area contributed by atoms with Gasteiger partial charge in [0.25, 0.3) is 0 Å². The van der Waals surface area contributed by atoms with Crippen molar-refractivity contribution in [3.8, 4) is 5.75 Å². The molecule has 1 aliphatic rings. The molecule has 0 spiro atoms. The largest absolute Gasteiger partial charge is 0.492 e. The van der Waals surface area contributed by atoms with E-state index in [4.69, 9.17) is 4.74 Å². The van der Waals surface area contributed by atoms with Gasteiger partial charge in [0.15, 0.2) is 0 Å². The second kappa shape index (κ2) is 7.12. The third-order valence-corrected chi connectivity index (χ3v) is 5.33. The van der Waals surface area contributed by atoms with Gasteiger partial charge in [0.2, 0.25) is 0 Å². The van der Waals surface area contributed by atoms with Gasteiger partial charge in [-0.05, 0) is 70.7 Å². The molecule has 1 aliphatic heterocycles. The third-order valence-electron chi connectivity index (χ3n) is 4.02. The van der Waals surface area contributed by atoms with Gasteiger partial charge in [-0.25, -0.2) is 0 Å². The maximum atomic E-state index is 5.98. The van der Waals surface area contributed by atoms with Crippen LogP contribution in [0.1, 0.15) is 25.7 Å². The summed E-state index contributed by atoms with van der Waals surface area (Å²) in [6.07, 6.45) is 5.00. The Morgan fingerprint density at radius 3 is 2.86 bits per heavy atom. The van der Waals surface area contributed by atoms with Crippen LogP contribution in [0.5, 0.6) is 5.75 Å². The van der Waals surface area contributed by atoms with Crippen molar-refractivity contribution in [2.24, 2.45) is 0 Å². The molecule has 0 aliphatic carbocycles. The SMILES string of the molecule is Brc1ccc2c(Br)c(OCCC3CCCCN3)ccc2c1. The molecule has 0 radical (unpaired) electrons. The Hall–Kier alpha value is -0.580. The second-order valence-corrected chi connectivity index (χ2v) is 7.24. The Bertz CT molecular complexity index is 623. The molecule has 1 atom stereocenters. The molecule has 1 saturated heterocycles. The first-order chi connectivity index (χ1) is 10.2. The molecule has 0 saturated carbocycles. The van der Waals surface area contributed by atoms with Crippen molar-refractivity contribution in [1.29, 1.82) is 0 Å². The highest BCUT2D eigenvalue weighted by Crippen LogP contribution is 2.34. The van der Waals surface area contributed by atoms with Crippen molar-refractivity contribution >= 4 is 42.6 Å². The molecule has 1 fully saturated rings. The number of nitrogens with one attached hydrogen (secondary N) is 1. The Morgan fingerprint density at radius 2 is 2.05 bits per heavy atom. The van der Waals surface area contributed by atoms with Crippen molar-refractivity contribution in [1.82, 2.24) is 5.32 Å². The molecule has 4 heteroatoms. The maximum Gasteiger partial charge on any atom is 0.134 e. The fourth-order valence-electron chi connectivity index (χ4n) is 2.84. The Balaban J connectivity index is 1.66. The van der Waals surface area contributed by atoms with Crippen LogP contribution in [-0.4, -0.2) is 19.2 Å². The fourth-order valence-corrected chi connectivity index (χ4v) is 3.82. The predicted octanol–water partition coefficient (Wildman–Crippen LogP) is 5.28. The van der Waals surface area contributed by atoms with E-state index in [2.05, 4.69) is 61.4 Å². The third kappa shape index (κ3) is 3.79. The predicted molar refractivity (Wildman–Crippen MR) is 95.1 cm³/mol. The summed E-state index contributed by atoms with van der Waals surface area (Å²) in [7, 11) is 0. The van der Waals surface area contributed by atoms with Gasteiger partial charge < -0.3 is 10.1 Å². The normalized spacial score (nSPS) is 18.9. The minimum Gasteiger partial charge on any atom is -0.492 e. The van der Waals surface area contributed by atoms with Crippen molar-refractivity contribution in [2.75, 3.05) is 13.2 Å². The molecule has 3 rings (SSSR count). The molecule has 1 unspecified atom stereocenters. The maximum absolute atomic E-state index is 5.98. The Morgan fingerprint density at radius 1 is 1.14 bits per heavy atom. The molecule has 2 aromatic carbocycles. The van der Waals surface area contributed by atoms with Crippen LogP contribution in [0.25, 0.3) is 10.8 Å². The van der Waals surface area contributed by atoms with Crippen LogP contribution in [0.15, 0.2) is 39.3 Å². The number of halogens is 2. The van der Waals surface area contributed by atoms with Crippen molar-refractivity contribution < 1.29 is 4.74 Å². The molecular formula is C17H19Br2NO. The van der Waals surface area contributed by atoms with Crippen LogP contribution < -0.4 is 10.1 Å². The van der Waals surface area contributed by atoms with Gasteiger partial charge in [0.1, 0.15) is 5.75 Å². The van der Waals surface area contributed by atoms with E-state index in [1.54, 1.807) is 0 Å². The zero-order valence-electron chi connectivity index (χ0n) is 11.9. The summed E-state index contributed by atoms with van der Waals surface area (Å²) in [5.41, 5.74) is 0. The number of benzene rings is 2. The molecule has 0 aromatic heterocycles. The van der Waals surface area contributed by atoms with E-state index in [0.717, 1.165) is 34.3 Å². The fraction of sp³-hybridized carbons (Fsp3) is 0.412. The summed E-state index contributed by atoms with van der Waals surface area (Å²) >= 11 is 7.18. The standard InChI is InChI=1S/C17H19Br2NO/c18-13-5-6-15-12(11-13)4-7-16(17(15)19)21-10-8-14-3-1-2-9-20-14/h4-7,11,14,20H,1-3,8-10H2. The number of piperidine rings is 1. The zero-order chi connectivity index (χ0) is 14.7. The van der Waals surface area contributed by atoms with Crippen LogP contribution in [-0.2, 0) is 0 Å². The van der Waals surface area contributed by atoms with Crippen LogP contribution in [0.2, 0.25) is 0 Å². The second-order valence-electron chi connectivity index (χ2n) is 5.53. The number of ether oxygens (including phenoxy) is 1. The van der Waals surface area contributed by atoms with Gasteiger partial charge in [-0.15, -0.1) is 0 Å². The van der Waals surface area contributed by atoms with E-state index in [-0.39, 0.29) is 0 Å². The van der Waals surface area contributed by atoms with Crippen molar-refractivity contribution in [3.63, 3.8) is 0 Å². The summed E-state index contributed by atoms with van der Waals surface area (Å²) in [6.45, 7) is 1.91. The van der Waals surface area contributed by atoms with E-state index in [1.165, 1.54) is 30.0 Å². The summed E-state index contributed by atoms with van der Waals surface area (Å²) in [5, 5.41) is 5.95. The quantitative estimate of drug-likeness (QED) is 0.737. The lowest BCUT2D eigenvalue weighted by Crippen LogP contribution is -2.35. The smallest absolute Gasteiger partial charge is 0.134 e. The van der Waals surface area contributed by atoms with Gasteiger partial charge in [0.05, 0.1) is 11.1 Å². The minimum absolute atomic E-state index is 0.619. The Kier molecular flexibility index (Phi) is 5.19.